The quantitative estimate of drug-likeness (QED) is 0.256. The van der Waals surface area contributed by atoms with Crippen LogP contribution in [-0.2, 0) is 5.41 Å². The van der Waals surface area contributed by atoms with Crippen LogP contribution in [0, 0.1) is 0 Å². The van der Waals surface area contributed by atoms with Crippen LogP contribution in [0.15, 0.2) is 78.9 Å². The van der Waals surface area contributed by atoms with Crippen LogP contribution in [0.1, 0.15) is 25.0 Å². The number of anilines is 1. The summed E-state index contributed by atoms with van der Waals surface area (Å²) in [7, 11) is 0. The second-order valence-corrected chi connectivity index (χ2v) is 9.23. The normalized spacial score (nSPS) is 11.3. The van der Waals surface area contributed by atoms with E-state index in [9.17, 15) is 5.11 Å². The lowest BCUT2D eigenvalue weighted by Crippen LogP contribution is -2.28. The van der Waals surface area contributed by atoms with Gasteiger partial charge in [-0.3, -0.25) is 0 Å². The molecule has 0 atom stereocenters. The van der Waals surface area contributed by atoms with E-state index in [1.807, 2.05) is 42.5 Å². The molecule has 0 aromatic heterocycles. The number of aromatic hydroxyl groups is 1. The summed E-state index contributed by atoms with van der Waals surface area (Å²) in [5, 5.41) is 9.54. The molecule has 0 aliphatic heterocycles. The van der Waals surface area contributed by atoms with Gasteiger partial charge in [0.1, 0.15) is 11.5 Å². The van der Waals surface area contributed by atoms with Crippen LogP contribution in [0.25, 0.3) is 0 Å². The third-order valence-electron chi connectivity index (χ3n) is 5.34. The molecule has 0 spiro atoms. The van der Waals surface area contributed by atoms with Gasteiger partial charge in [0.15, 0.2) is 0 Å². The number of hydrogen-bond donors (Lipinski definition) is 2. The fourth-order valence-corrected chi connectivity index (χ4v) is 4.32. The molecule has 3 rings (SSSR count). The Morgan fingerprint density at radius 3 is 2.00 bits per heavy atom. The standard InChI is InChI=1S/C25H29NO3S2/c1-25(2,20-8-12-23(27)13-9-20)21-10-14-24(15-11-21)29-31-19-17-26(16-18-30-28)22-6-4-3-5-7-22/h3-15,27-28H,16-19H2,1-2H3. The smallest absolute Gasteiger partial charge is 0.137 e. The number of nitrogens with zero attached hydrogens (tertiary/aromatic N) is 1. The summed E-state index contributed by atoms with van der Waals surface area (Å²) < 4.78 is 15.0. The summed E-state index contributed by atoms with van der Waals surface area (Å²) in [6, 6.07) is 25.8. The Labute approximate surface area is 193 Å². The van der Waals surface area contributed by atoms with Gasteiger partial charge in [0.25, 0.3) is 0 Å². The maximum Gasteiger partial charge on any atom is 0.137 e. The molecule has 0 saturated carbocycles. The third kappa shape index (κ3) is 6.60. The SMILES string of the molecule is CC(C)(c1ccc(O)cc1)c1ccc(OSCCN(CCSO)c2ccccc2)cc1. The third-order valence-corrected chi connectivity index (χ3v) is 6.36. The van der Waals surface area contributed by atoms with Crippen molar-refractivity contribution in [2.75, 3.05) is 29.5 Å². The highest BCUT2D eigenvalue weighted by Crippen LogP contribution is 2.33. The first kappa shape index (κ1) is 23.4. The van der Waals surface area contributed by atoms with Crippen LogP contribution in [0.2, 0.25) is 0 Å². The van der Waals surface area contributed by atoms with Gasteiger partial charge in [-0.1, -0.05) is 56.3 Å². The highest BCUT2D eigenvalue weighted by atomic mass is 32.2. The summed E-state index contributed by atoms with van der Waals surface area (Å²) >= 11 is 2.31. The molecule has 164 valence electrons. The van der Waals surface area contributed by atoms with E-state index >= 15 is 0 Å². The van der Waals surface area contributed by atoms with E-state index in [2.05, 4.69) is 43.0 Å². The fourth-order valence-electron chi connectivity index (χ4n) is 3.39. The summed E-state index contributed by atoms with van der Waals surface area (Å²) in [6.07, 6.45) is 0. The highest BCUT2D eigenvalue weighted by Gasteiger charge is 2.23. The predicted molar refractivity (Wildman–Crippen MR) is 134 cm³/mol. The van der Waals surface area contributed by atoms with E-state index < -0.39 is 0 Å². The van der Waals surface area contributed by atoms with Crippen LogP contribution in [-0.4, -0.2) is 34.3 Å². The first-order valence-electron chi connectivity index (χ1n) is 10.3. The molecule has 3 aromatic carbocycles. The zero-order chi connectivity index (χ0) is 22.1. The van der Waals surface area contributed by atoms with E-state index in [1.54, 1.807) is 12.1 Å². The Bertz CT molecular complexity index is 916. The maximum atomic E-state index is 9.54. The molecular weight excluding hydrogens is 426 g/mol. The maximum absolute atomic E-state index is 9.54. The molecule has 0 fully saturated rings. The molecule has 0 aliphatic rings. The van der Waals surface area contributed by atoms with Gasteiger partial charge in [-0.25, -0.2) is 0 Å². The van der Waals surface area contributed by atoms with Crippen molar-refractivity contribution in [1.29, 1.82) is 0 Å². The van der Waals surface area contributed by atoms with Crippen molar-refractivity contribution in [2.24, 2.45) is 0 Å². The topological polar surface area (TPSA) is 52.9 Å². The lowest BCUT2D eigenvalue weighted by atomic mass is 9.78. The first-order valence-corrected chi connectivity index (χ1v) is 12.1. The summed E-state index contributed by atoms with van der Waals surface area (Å²) in [5.74, 6) is 2.58. The lowest BCUT2D eigenvalue weighted by molar-refractivity contribution is 0.474. The van der Waals surface area contributed by atoms with Gasteiger partial charge in [-0.05, 0) is 59.6 Å². The molecule has 0 radical (unpaired) electrons. The number of hydrogen-bond acceptors (Lipinski definition) is 6. The second kappa shape index (κ2) is 11.4. The minimum atomic E-state index is -0.166. The van der Waals surface area contributed by atoms with Gasteiger partial charge in [0, 0.05) is 35.7 Å². The van der Waals surface area contributed by atoms with E-state index in [4.69, 9.17) is 8.74 Å². The number of benzene rings is 3. The lowest BCUT2D eigenvalue weighted by Gasteiger charge is -2.26. The van der Waals surface area contributed by atoms with Crippen molar-refractivity contribution in [3.63, 3.8) is 0 Å². The Balaban J connectivity index is 1.53. The van der Waals surface area contributed by atoms with E-state index in [-0.39, 0.29) is 11.2 Å². The van der Waals surface area contributed by atoms with Gasteiger partial charge < -0.3 is 18.7 Å². The summed E-state index contributed by atoms with van der Waals surface area (Å²) in [5.41, 5.74) is 3.32. The summed E-state index contributed by atoms with van der Waals surface area (Å²) in [6.45, 7) is 5.97. The van der Waals surface area contributed by atoms with Crippen LogP contribution in [0.5, 0.6) is 11.5 Å². The largest absolute Gasteiger partial charge is 0.508 e. The number of phenolic OH excluding ortho intramolecular Hbond substituents is 1. The molecule has 0 heterocycles. The van der Waals surface area contributed by atoms with Gasteiger partial charge in [-0.2, -0.15) is 0 Å². The second-order valence-electron chi connectivity index (χ2n) is 7.76. The molecule has 4 nitrogen and oxygen atoms in total. The molecule has 0 bridgehead atoms. The number of phenols is 1. The molecule has 31 heavy (non-hydrogen) atoms. The monoisotopic (exact) mass is 455 g/mol. The number of rotatable bonds is 11. The van der Waals surface area contributed by atoms with Gasteiger partial charge in [0.05, 0.1) is 12.0 Å². The van der Waals surface area contributed by atoms with Crippen molar-refractivity contribution in [3.05, 3.63) is 90.0 Å². The van der Waals surface area contributed by atoms with E-state index in [1.165, 1.54) is 17.6 Å². The molecule has 0 unspecified atom stereocenters. The van der Waals surface area contributed by atoms with Gasteiger partial charge in [0.2, 0.25) is 0 Å². The Kier molecular flexibility index (Phi) is 8.58. The van der Waals surface area contributed by atoms with E-state index in [0.29, 0.717) is 5.75 Å². The Morgan fingerprint density at radius 1 is 0.806 bits per heavy atom. The minimum Gasteiger partial charge on any atom is -0.508 e. The molecule has 3 aromatic rings. The average Bonchev–Trinajstić information content (AvgIpc) is 2.80. The van der Waals surface area contributed by atoms with Gasteiger partial charge >= 0.3 is 0 Å². The van der Waals surface area contributed by atoms with Crippen LogP contribution in [0.4, 0.5) is 5.69 Å². The molecule has 0 aliphatic carbocycles. The van der Waals surface area contributed by atoms with Crippen molar-refractivity contribution < 1.29 is 13.8 Å². The van der Waals surface area contributed by atoms with Gasteiger partial charge in [-0.15, -0.1) is 0 Å². The molecule has 0 amide bonds. The highest BCUT2D eigenvalue weighted by molar-refractivity contribution is 7.95. The van der Waals surface area contributed by atoms with Crippen LogP contribution >= 0.6 is 24.1 Å². The summed E-state index contributed by atoms with van der Waals surface area (Å²) in [4.78, 5) is 2.25. The zero-order valence-electron chi connectivity index (χ0n) is 17.9. The first-order chi connectivity index (χ1) is 15.0. The van der Waals surface area contributed by atoms with Crippen molar-refractivity contribution in [3.8, 4) is 11.5 Å². The minimum absolute atomic E-state index is 0.166. The number of para-hydroxylation sites is 1. The molecular formula is C25H29NO3S2. The Hall–Kier alpha value is -2.28. The van der Waals surface area contributed by atoms with Crippen LogP contribution in [0.3, 0.4) is 0 Å². The fraction of sp³-hybridized carbons (Fsp3) is 0.280. The average molecular weight is 456 g/mol. The zero-order valence-corrected chi connectivity index (χ0v) is 19.5. The molecule has 0 saturated heterocycles. The predicted octanol–water partition coefficient (Wildman–Crippen LogP) is 6.46. The van der Waals surface area contributed by atoms with E-state index in [0.717, 1.165) is 47.9 Å². The van der Waals surface area contributed by atoms with Crippen molar-refractivity contribution in [2.45, 2.75) is 19.3 Å². The molecule has 6 heteroatoms. The van der Waals surface area contributed by atoms with Crippen molar-refractivity contribution >= 4 is 29.8 Å². The van der Waals surface area contributed by atoms with Crippen molar-refractivity contribution in [1.82, 2.24) is 0 Å². The Morgan fingerprint density at radius 2 is 1.39 bits per heavy atom. The molecule has 2 N–H and O–H groups in total. The van der Waals surface area contributed by atoms with Crippen LogP contribution < -0.4 is 9.08 Å².